The number of hydrogen-bond donors (Lipinski definition) is 1. The maximum Gasteiger partial charge on any atom is 0.281 e. The molecule has 1 N–H and O–H groups in total. The second-order valence-electron chi connectivity index (χ2n) is 8.25. The number of nitrogens with one attached hydrogen (secondary N) is 1. The molecule has 1 aliphatic heterocycles. The van der Waals surface area contributed by atoms with Gasteiger partial charge in [0.2, 0.25) is 5.91 Å². The number of likely N-dealkylation sites (tertiary alicyclic amines) is 1. The molecule has 1 aromatic carbocycles. The van der Waals surface area contributed by atoms with Gasteiger partial charge in [-0.3, -0.25) is 9.59 Å². The summed E-state index contributed by atoms with van der Waals surface area (Å²) in [5, 5.41) is 8.04. The molecule has 0 bridgehead atoms. The predicted molar refractivity (Wildman–Crippen MR) is 107 cm³/mol. The van der Waals surface area contributed by atoms with Gasteiger partial charge in [-0.15, -0.1) is 5.10 Å². The van der Waals surface area contributed by atoms with Gasteiger partial charge in [-0.1, -0.05) is 23.8 Å². The molecule has 1 saturated carbocycles. The van der Waals surface area contributed by atoms with E-state index < -0.39 is 0 Å². The molecule has 156 valence electrons. The van der Waals surface area contributed by atoms with Crippen LogP contribution in [0.3, 0.4) is 0 Å². The smallest absolute Gasteiger partial charge is 0.281 e. The highest BCUT2D eigenvalue weighted by molar-refractivity contribution is 5.79. The Kier molecular flexibility index (Phi) is 4.80. The highest BCUT2D eigenvalue weighted by Crippen LogP contribution is 2.31. The number of amides is 1. The van der Waals surface area contributed by atoms with Gasteiger partial charge >= 0.3 is 0 Å². The zero-order valence-electron chi connectivity index (χ0n) is 16.6. The lowest BCUT2D eigenvalue weighted by atomic mass is 9.83. The second-order valence-corrected chi connectivity index (χ2v) is 8.25. The molecule has 30 heavy (non-hydrogen) atoms. The average molecular weight is 410 g/mol. The van der Waals surface area contributed by atoms with Crippen molar-refractivity contribution in [3.63, 3.8) is 0 Å². The lowest BCUT2D eigenvalue weighted by Crippen LogP contribution is -2.44. The van der Waals surface area contributed by atoms with E-state index in [1.807, 2.05) is 4.90 Å². The molecule has 1 aliphatic carbocycles. The third-order valence-corrected chi connectivity index (χ3v) is 6.21. The summed E-state index contributed by atoms with van der Waals surface area (Å²) in [7, 11) is 0. The molecule has 0 spiro atoms. The van der Waals surface area contributed by atoms with Crippen LogP contribution in [0.25, 0.3) is 11.2 Å². The van der Waals surface area contributed by atoms with E-state index in [1.54, 1.807) is 16.8 Å². The number of halogens is 1. The first-order valence-electron chi connectivity index (χ1n) is 10.4. The molecule has 3 heterocycles. The Labute approximate surface area is 172 Å². The second kappa shape index (κ2) is 7.62. The molecule has 1 atom stereocenters. The maximum absolute atomic E-state index is 13.2. The number of rotatable bonds is 4. The lowest BCUT2D eigenvalue weighted by Gasteiger charge is -2.36. The van der Waals surface area contributed by atoms with E-state index in [4.69, 9.17) is 0 Å². The Balaban J connectivity index is 1.42. The number of nitrogens with zero attached hydrogens (tertiary/aromatic N) is 5. The maximum atomic E-state index is 13.2. The molecule has 0 radical (unpaired) electrons. The van der Waals surface area contributed by atoms with Crippen LogP contribution in [0.1, 0.15) is 49.4 Å². The van der Waals surface area contributed by atoms with Crippen molar-refractivity contribution in [3.05, 3.63) is 51.8 Å². The van der Waals surface area contributed by atoms with Crippen LogP contribution in [0, 0.1) is 11.7 Å². The largest absolute Gasteiger partial charge is 0.342 e. The first-order chi connectivity index (χ1) is 14.6. The van der Waals surface area contributed by atoms with Gasteiger partial charge in [0.05, 0.1) is 6.54 Å². The normalized spacial score (nSPS) is 19.8. The van der Waals surface area contributed by atoms with Gasteiger partial charge in [0.25, 0.3) is 5.56 Å². The van der Waals surface area contributed by atoms with Crippen LogP contribution in [0.2, 0.25) is 0 Å². The van der Waals surface area contributed by atoms with E-state index in [0.29, 0.717) is 24.6 Å². The number of aromatic amines is 1. The molecular formula is C21H23FN6O2. The number of carbonyl (C=O) groups is 1. The Morgan fingerprint density at radius 3 is 2.70 bits per heavy atom. The molecule has 3 aromatic rings. The monoisotopic (exact) mass is 410 g/mol. The summed E-state index contributed by atoms with van der Waals surface area (Å²) in [4.78, 5) is 34.7. The van der Waals surface area contributed by atoms with E-state index in [0.717, 1.165) is 44.2 Å². The van der Waals surface area contributed by atoms with Crippen molar-refractivity contribution in [2.24, 2.45) is 5.92 Å². The van der Waals surface area contributed by atoms with Gasteiger partial charge in [-0.05, 0) is 43.4 Å². The van der Waals surface area contributed by atoms with Gasteiger partial charge in [0.15, 0.2) is 11.2 Å². The third-order valence-electron chi connectivity index (χ3n) is 6.21. The number of fused-ring (bicyclic) bond motifs is 1. The summed E-state index contributed by atoms with van der Waals surface area (Å²) in [6, 6.07) is 6.11. The average Bonchev–Trinajstić information content (AvgIpc) is 3.12. The van der Waals surface area contributed by atoms with Crippen LogP contribution in [-0.2, 0) is 11.3 Å². The first kappa shape index (κ1) is 18.9. The van der Waals surface area contributed by atoms with Crippen molar-refractivity contribution < 1.29 is 9.18 Å². The molecule has 8 nitrogen and oxygen atoms in total. The van der Waals surface area contributed by atoms with Crippen LogP contribution in [-0.4, -0.2) is 48.9 Å². The van der Waals surface area contributed by atoms with E-state index in [-0.39, 0.29) is 34.6 Å². The zero-order valence-corrected chi connectivity index (χ0v) is 16.6. The molecule has 1 saturated heterocycles. The zero-order chi connectivity index (χ0) is 20.7. The third kappa shape index (κ3) is 3.48. The molecule has 5 rings (SSSR count). The number of hydrogen-bond acceptors (Lipinski definition) is 5. The highest BCUT2D eigenvalue weighted by atomic mass is 19.1. The fourth-order valence-corrected chi connectivity index (χ4v) is 4.26. The van der Waals surface area contributed by atoms with E-state index >= 15 is 0 Å². The first-order valence-corrected chi connectivity index (χ1v) is 10.4. The number of benzene rings is 1. The SMILES string of the molecule is O=C(C1CCC1)N1CCC[C@@H](c2nc3c(nnn3Cc3ccc(F)cc3)c(=O)[nH]2)C1. The van der Waals surface area contributed by atoms with Gasteiger partial charge in [0.1, 0.15) is 11.6 Å². The van der Waals surface area contributed by atoms with Crippen LogP contribution < -0.4 is 5.56 Å². The molecule has 9 heteroatoms. The van der Waals surface area contributed by atoms with Crippen molar-refractivity contribution in [1.29, 1.82) is 0 Å². The summed E-state index contributed by atoms with van der Waals surface area (Å²) in [5.74, 6) is 0.643. The van der Waals surface area contributed by atoms with Gasteiger partial charge in [0, 0.05) is 24.9 Å². The minimum atomic E-state index is -0.331. The van der Waals surface area contributed by atoms with E-state index in [9.17, 15) is 14.0 Å². The van der Waals surface area contributed by atoms with Gasteiger partial charge in [-0.2, -0.15) is 0 Å². The fourth-order valence-electron chi connectivity index (χ4n) is 4.26. The molecule has 2 aliphatic rings. The minimum Gasteiger partial charge on any atom is -0.342 e. The fraction of sp³-hybridized carbons (Fsp3) is 0.476. The number of piperidine rings is 1. The quantitative estimate of drug-likeness (QED) is 0.711. The lowest BCUT2D eigenvalue weighted by molar-refractivity contribution is -0.139. The van der Waals surface area contributed by atoms with E-state index in [2.05, 4.69) is 20.3 Å². The van der Waals surface area contributed by atoms with Crippen molar-refractivity contribution in [3.8, 4) is 0 Å². The van der Waals surface area contributed by atoms with Crippen LogP contribution in [0.5, 0.6) is 0 Å². The summed E-state index contributed by atoms with van der Waals surface area (Å²) >= 11 is 0. The highest BCUT2D eigenvalue weighted by Gasteiger charge is 2.33. The minimum absolute atomic E-state index is 0.0194. The molecule has 2 fully saturated rings. The van der Waals surface area contributed by atoms with Crippen molar-refractivity contribution >= 4 is 17.1 Å². The van der Waals surface area contributed by atoms with Crippen LogP contribution in [0.4, 0.5) is 4.39 Å². The van der Waals surface area contributed by atoms with Crippen LogP contribution in [0.15, 0.2) is 29.1 Å². The topological polar surface area (TPSA) is 96.8 Å². The molecule has 1 amide bonds. The predicted octanol–water partition coefficient (Wildman–Crippen LogP) is 2.21. The molecule has 0 unspecified atom stereocenters. The Morgan fingerprint density at radius 1 is 1.17 bits per heavy atom. The van der Waals surface area contributed by atoms with Crippen LogP contribution >= 0.6 is 0 Å². The Bertz CT molecular complexity index is 1130. The van der Waals surface area contributed by atoms with E-state index in [1.165, 1.54) is 12.1 Å². The molecular weight excluding hydrogens is 387 g/mol. The number of aromatic nitrogens is 5. The molecule has 2 aromatic heterocycles. The number of carbonyl (C=O) groups excluding carboxylic acids is 1. The summed E-state index contributed by atoms with van der Waals surface area (Å²) < 4.78 is 14.7. The standard InChI is InChI=1S/C21H23FN6O2/c22-16-8-6-13(7-9-16)11-28-19-17(25-26-28)20(29)24-18(23-19)15-5-2-10-27(12-15)21(30)14-3-1-4-14/h6-9,14-15H,1-5,10-12H2,(H,23,24,29)/t15-/m1/s1. The summed E-state index contributed by atoms with van der Waals surface area (Å²) in [6.45, 7) is 1.68. The Hall–Kier alpha value is -3.10. The summed E-state index contributed by atoms with van der Waals surface area (Å²) in [6.07, 6.45) is 4.84. The van der Waals surface area contributed by atoms with Crippen molar-refractivity contribution in [2.75, 3.05) is 13.1 Å². The van der Waals surface area contributed by atoms with Gasteiger partial charge < -0.3 is 9.88 Å². The Morgan fingerprint density at radius 2 is 1.97 bits per heavy atom. The number of H-pyrrole nitrogens is 1. The summed E-state index contributed by atoms with van der Waals surface area (Å²) in [5.41, 5.74) is 1.09. The van der Waals surface area contributed by atoms with Crippen molar-refractivity contribution in [2.45, 2.75) is 44.6 Å². The van der Waals surface area contributed by atoms with Gasteiger partial charge in [-0.25, -0.2) is 14.1 Å². The van der Waals surface area contributed by atoms with Crippen molar-refractivity contribution in [1.82, 2.24) is 29.9 Å².